The average Bonchev–Trinajstić information content (AvgIpc) is 2.87. The van der Waals surface area contributed by atoms with Gasteiger partial charge in [-0.3, -0.25) is 20.1 Å². The van der Waals surface area contributed by atoms with Crippen molar-refractivity contribution in [3.63, 3.8) is 0 Å². The van der Waals surface area contributed by atoms with Crippen LogP contribution in [0.25, 0.3) is 0 Å². The fourth-order valence-electron chi connectivity index (χ4n) is 4.85. The Morgan fingerprint density at radius 2 is 1.92 bits per heavy atom. The van der Waals surface area contributed by atoms with E-state index < -0.39 is 17.8 Å². The van der Waals surface area contributed by atoms with Crippen LogP contribution in [0, 0.1) is 24.1 Å². The molecule has 1 atom stereocenters. The predicted molar refractivity (Wildman–Crippen MR) is 137 cm³/mol. The van der Waals surface area contributed by atoms with Crippen molar-refractivity contribution in [1.82, 2.24) is 9.88 Å². The summed E-state index contributed by atoms with van der Waals surface area (Å²) in [6.07, 6.45) is 10.7. The highest BCUT2D eigenvalue weighted by Crippen LogP contribution is 2.33. The highest BCUT2D eigenvalue weighted by Gasteiger charge is 2.27. The molecule has 2 aliphatic rings. The van der Waals surface area contributed by atoms with Gasteiger partial charge < -0.3 is 15.4 Å². The van der Waals surface area contributed by atoms with E-state index in [-0.39, 0.29) is 28.9 Å². The van der Waals surface area contributed by atoms with Crippen molar-refractivity contribution >= 4 is 29.1 Å². The van der Waals surface area contributed by atoms with Crippen LogP contribution in [0.4, 0.5) is 20.6 Å². The number of halogens is 1. The first kappa shape index (κ1) is 25.6. The van der Waals surface area contributed by atoms with Crippen molar-refractivity contribution in [2.45, 2.75) is 71.3 Å². The van der Waals surface area contributed by atoms with Crippen molar-refractivity contribution < 1.29 is 18.7 Å². The largest absolute Gasteiger partial charge is 0.490 e. The standard InChI is InChI=1S/C27H34FN5O3/c1-17-11-12-30-16-23(17)31-26(34)20-14-21(28)22(32-27(35)33-13-7-6-10-25(33)29)15-24(20)36-18(2)19-8-4-3-5-9-19/h11-12,14-16,18-19,29H,3-10,13H2,1-2H3,(H,31,34)(H,32,35). The second-order valence-corrected chi connectivity index (χ2v) is 9.68. The molecule has 2 aromatic rings. The zero-order valence-corrected chi connectivity index (χ0v) is 20.9. The Morgan fingerprint density at radius 1 is 1.14 bits per heavy atom. The number of carbonyl (C=O) groups is 2. The summed E-state index contributed by atoms with van der Waals surface area (Å²) < 4.78 is 21.5. The molecule has 1 aromatic carbocycles. The first-order chi connectivity index (χ1) is 17.3. The summed E-state index contributed by atoms with van der Waals surface area (Å²) in [6, 6.07) is 3.69. The van der Waals surface area contributed by atoms with Crippen LogP contribution in [0.5, 0.6) is 5.75 Å². The lowest BCUT2D eigenvalue weighted by atomic mass is 9.86. The Labute approximate surface area is 211 Å². The van der Waals surface area contributed by atoms with Gasteiger partial charge in [0.05, 0.1) is 29.2 Å². The zero-order chi connectivity index (χ0) is 25.7. The van der Waals surface area contributed by atoms with Gasteiger partial charge in [-0.25, -0.2) is 9.18 Å². The number of benzene rings is 1. The molecule has 0 bridgehead atoms. The molecule has 1 aromatic heterocycles. The number of aromatic nitrogens is 1. The maximum absolute atomic E-state index is 15.2. The molecule has 9 heteroatoms. The number of nitrogens with zero attached hydrogens (tertiary/aromatic N) is 2. The number of hydrogen-bond acceptors (Lipinski definition) is 5. The Morgan fingerprint density at radius 3 is 2.64 bits per heavy atom. The summed E-state index contributed by atoms with van der Waals surface area (Å²) in [7, 11) is 0. The predicted octanol–water partition coefficient (Wildman–Crippen LogP) is 6.12. The molecule has 3 amide bonds. The first-order valence-corrected chi connectivity index (χ1v) is 12.7. The normalized spacial score (nSPS) is 17.4. The molecular weight excluding hydrogens is 461 g/mol. The summed E-state index contributed by atoms with van der Waals surface area (Å²) in [5.74, 6) is -0.516. The average molecular weight is 496 g/mol. The molecule has 1 saturated heterocycles. The van der Waals surface area contributed by atoms with Crippen molar-refractivity contribution in [2.75, 3.05) is 17.2 Å². The summed E-state index contributed by atoms with van der Waals surface area (Å²) in [4.78, 5) is 31.4. The van der Waals surface area contributed by atoms with Gasteiger partial charge in [-0.2, -0.15) is 0 Å². The number of piperidine rings is 1. The van der Waals surface area contributed by atoms with E-state index in [0.717, 1.165) is 50.2 Å². The van der Waals surface area contributed by atoms with Crippen LogP contribution < -0.4 is 15.4 Å². The zero-order valence-electron chi connectivity index (χ0n) is 20.9. The Balaban J connectivity index is 1.61. The van der Waals surface area contributed by atoms with Gasteiger partial charge in [0.15, 0.2) is 0 Å². The summed E-state index contributed by atoms with van der Waals surface area (Å²) >= 11 is 0. The van der Waals surface area contributed by atoms with Crippen molar-refractivity contribution in [3.05, 3.63) is 47.5 Å². The molecule has 1 unspecified atom stereocenters. The van der Waals surface area contributed by atoms with E-state index >= 15 is 4.39 Å². The smallest absolute Gasteiger partial charge is 0.327 e. The van der Waals surface area contributed by atoms with Crippen LogP contribution >= 0.6 is 0 Å². The molecule has 36 heavy (non-hydrogen) atoms. The van der Waals surface area contributed by atoms with Gasteiger partial charge in [0.1, 0.15) is 17.4 Å². The van der Waals surface area contributed by atoms with Crippen LogP contribution in [0.1, 0.15) is 74.2 Å². The number of urea groups is 1. The maximum atomic E-state index is 15.2. The lowest BCUT2D eigenvalue weighted by Crippen LogP contribution is -2.42. The molecule has 2 fully saturated rings. The molecule has 0 spiro atoms. The maximum Gasteiger partial charge on any atom is 0.327 e. The van der Waals surface area contributed by atoms with Crippen LogP contribution in [0.15, 0.2) is 30.6 Å². The number of likely N-dealkylation sites (tertiary alicyclic amines) is 1. The molecular formula is C27H34FN5O3. The van der Waals surface area contributed by atoms with Gasteiger partial charge in [-0.05, 0) is 63.1 Å². The van der Waals surface area contributed by atoms with Crippen molar-refractivity contribution in [1.29, 1.82) is 5.41 Å². The number of rotatable bonds is 6. The van der Waals surface area contributed by atoms with Crippen molar-refractivity contribution in [3.8, 4) is 5.75 Å². The van der Waals surface area contributed by atoms with Gasteiger partial charge in [-0.1, -0.05) is 19.3 Å². The fourth-order valence-corrected chi connectivity index (χ4v) is 4.85. The van der Waals surface area contributed by atoms with Crippen LogP contribution in [-0.2, 0) is 0 Å². The fraction of sp³-hybridized carbons (Fsp3) is 0.481. The van der Waals surface area contributed by atoms with Gasteiger partial charge >= 0.3 is 6.03 Å². The number of hydrogen-bond donors (Lipinski definition) is 3. The second kappa shape index (κ2) is 11.5. The first-order valence-electron chi connectivity index (χ1n) is 12.7. The van der Waals surface area contributed by atoms with Gasteiger partial charge in [0, 0.05) is 25.2 Å². The number of nitrogens with one attached hydrogen (secondary N) is 3. The number of pyridine rings is 1. The SMILES string of the molecule is Cc1ccncc1NC(=O)c1cc(F)c(NC(=O)N2CCCCC2=N)cc1OC(C)C1CCCCC1. The van der Waals surface area contributed by atoms with E-state index in [4.69, 9.17) is 10.1 Å². The quantitative estimate of drug-likeness (QED) is 0.448. The molecule has 1 aliphatic carbocycles. The monoisotopic (exact) mass is 495 g/mol. The molecule has 1 aliphatic heterocycles. The second-order valence-electron chi connectivity index (χ2n) is 9.68. The lowest BCUT2D eigenvalue weighted by molar-refractivity contribution is 0.0997. The van der Waals surface area contributed by atoms with Crippen LogP contribution in [-0.4, -0.2) is 40.3 Å². The van der Waals surface area contributed by atoms with Crippen molar-refractivity contribution in [2.24, 2.45) is 5.92 Å². The Bertz CT molecular complexity index is 1130. The summed E-state index contributed by atoms with van der Waals surface area (Å²) in [5.41, 5.74) is 1.31. The summed E-state index contributed by atoms with van der Waals surface area (Å²) in [5, 5.41) is 13.4. The number of amidine groups is 1. The molecule has 2 heterocycles. The molecule has 1 saturated carbocycles. The third-order valence-electron chi connectivity index (χ3n) is 7.09. The number of carbonyl (C=O) groups excluding carboxylic acids is 2. The van der Waals surface area contributed by atoms with E-state index in [1.807, 2.05) is 13.8 Å². The number of ether oxygens (including phenoxy) is 1. The number of anilines is 2. The topological polar surface area (TPSA) is 107 Å². The van der Waals surface area contributed by atoms with E-state index in [1.54, 1.807) is 12.3 Å². The van der Waals surface area contributed by atoms with Crippen LogP contribution in [0.2, 0.25) is 0 Å². The molecule has 0 radical (unpaired) electrons. The third kappa shape index (κ3) is 6.01. The Hall–Kier alpha value is -3.49. The summed E-state index contributed by atoms with van der Waals surface area (Å²) in [6.45, 7) is 4.23. The molecule has 3 N–H and O–H groups in total. The van der Waals surface area contributed by atoms with E-state index in [0.29, 0.717) is 24.6 Å². The van der Waals surface area contributed by atoms with Gasteiger partial charge in [0.25, 0.3) is 5.91 Å². The highest BCUT2D eigenvalue weighted by atomic mass is 19.1. The van der Waals surface area contributed by atoms with E-state index in [9.17, 15) is 9.59 Å². The lowest BCUT2D eigenvalue weighted by Gasteiger charge is -2.29. The minimum atomic E-state index is -0.752. The van der Waals surface area contributed by atoms with Crippen LogP contribution in [0.3, 0.4) is 0 Å². The molecule has 8 nitrogen and oxygen atoms in total. The van der Waals surface area contributed by atoms with E-state index in [2.05, 4.69) is 15.6 Å². The minimum absolute atomic E-state index is 0.0436. The molecule has 4 rings (SSSR count). The Kier molecular flexibility index (Phi) is 8.18. The van der Waals surface area contributed by atoms with E-state index in [1.165, 1.54) is 23.6 Å². The number of aryl methyl sites for hydroxylation is 1. The highest BCUT2D eigenvalue weighted by molar-refractivity contribution is 6.07. The minimum Gasteiger partial charge on any atom is -0.490 e. The molecule has 192 valence electrons. The van der Waals surface area contributed by atoms with Gasteiger partial charge in [0.2, 0.25) is 0 Å². The van der Waals surface area contributed by atoms with Gasteiger partial charge in [-0.15, -0.1) is 0 Å². The number of amides is 3. The third-order valence-corrected chi connectivity index (χ3v) is 7.09.